The molecule has 0 atom stereocenters. The predicted octanol–water partition coefficient (Wildman–Crippen LogP) is 2.45. The largest absolute Gasteiger partial charge is 0.481 e. The molecule has 5 heteroatoms. The molecule has 2 N–H and O–H groups in total. The van der Waals surface area contributed by atoms with E-state index in [9.17, 15) is 9.59 Å². The number of hydrogen-bond acceptors (Lipinski definition) is 2. The van der Waals surface area contributed by atoms with Crippen molar-refractivity contribution >= 4 is 29.2 Å². The van der Waals surface area contributed by atoms with Crippen LogP contribution in [-0.2, 0) is 9.59 Å². The molecular weight excluding hydrogens is 230 g/mol. The first-order chi connectivity index (χ1) is 7.49. The lowest BCUT2D eigenvalue weighted by Crippen LogP contribution is -2.13. The van der Waals surface area contributed by atoms with Gasteiger partial charge in [-0.25, -0.2) is 0 Å². The van der Waals surface area contributed by atoms with Crippen LogP contribution < -0.4 is 5.32 Å². The number of hydrogen-bond donors (Lipinski definition) is 2. The maximum atomic E-state index is 11.3. The van der Waals surface area contributed by atoms with Gasteiger partial charge in [-0.3, -0.25) is 9.59 Å². The summed E-state index contributed by atoms with van der Waals surface area (Å²) in [5.74, 6) is -1.35. The van der Waals surface area contributed by atoms with Crippen LogP contribution in [0.15, 0.2) is 18.2 Å². The Labute approximate surface area is 98.2 Å². The summed E-state index contributed by atoms with van der Waals surface area (Å²) in [4.78, 5) is 21.6. The number of halogens is 1. The van der Waals surface area contributed by atoms with Gasteiger partial charge in [0.25, 0.3) is 0 Å². The van der Waals surface area contributed by atoms with Gasteiger partial charge >= 0.3 is 5.97 Å². The highest BCUT2D eigenvalue weighted by atomic mass is 35.5. The fraction of sp³-hybridized carbons (Fsp3) is 0.273. The Morgan fingerprint density at radius 2 is 2.06 bits per heavy atom. The maximum Gasteiger partial charge on any atom is 0.303 e. The van der Waals surface area contributed by atoms with E-state index in [-0.39, 0.29) is 18.7 Å². The second-order valence-electron chi connectivity index (χ2n) is 3.43. The van der Waals surface area contributed by atoms with Crippen LogP contribution in [0.1, 0.15) is 18.4 Å². The van der Waals surface area contributed by atoms with E-state index in [0.717, 1.165) is 5.56 Å². The molecule has 0 aliphatic carbocycles. The molecule has 1 aromatic carbocycles. The maximum absolute atomic E-state index is 11.3. The van der Waals surface area contributed by atoms with Gasteiger partial charge in [-0.2, -0.15) is 0 Å². The van der Waals surface area contributed by atoms with E-state index in [4.69, 9.17) is 16.7 Å². The molecule has 16 heavy (non-hydrogen) atoms. The van der Waals surface area contributed by atoms with Crippen LogP contribution in [-0.4, -0.2) is 17.0 Å². The highest BCUT2D eigenvalue weighted by Gasteiger charge is 2.08. The second kappa shape index (κ2) is 5.51. The molecule has 0 fully saturated rings. The summed E-state index contributed by atoms with van der Waals surface area (Å²) in [7, 11) is 0. The highest BCUT2D eigenvalue weighted by Crippen LogP contribution is 2.22. The quantitative estimate of drug-likeness (QED) is 0.851. The number of anilines is 1. The Hall–Kier alpha value is -1.55. The third-order valence-electron chi connectivity index (χ3n) is 1.96. The van der Waals surface area contributed by atoms with Crippen LogP contribution in [0.2, 0.25) is 5.02 Å². The molecule has 0 aliphatic rings. The summed E-state index contributed by atoms with van der Waals surface area (Å²) >= 11 is 5.87. The van der Waals surface area contributed by atoms with Crippen molar-refractivity contribution in [2.75, 3.05) is 5.32 Å². The summed E-state index contributed by atoms with van der Waals surface area (Å²) in [6.45, 7) is 1.88. The van der Waals surface area contributed by atoms with Crippen molar-refractivity contribution in [2.24, 2.45) is 0 Å². The Balaban J connectivity index is 2.62. The monoisotopic (exact) mass is 241 g/mol. The Bertz CT molecular complexity index is 418. The Kier molecular flexibility index (Phi) is 4.31. The van der Waals surface area contributed by atoms with Crippen molar-refractivity contribution in [2.45, 2.75) is 19.8 Å². The molecule has 0 aromatic heterocycles. The average molecular weight is 242 g/mol. The number of amides is 1. The molecule has 0 spiro atoms. The normalized spacial score (nSPS) is 9.88. The molecule has 0 saturated carbocycles. The fourth-order valence-electron chi connectivity index (χ4n) is 1.17. The van der Waals surface area contributed by atoms with Crippen LogP contribution in [0.5, 0.6) is 0 Å². The summed E-state index contributed by atoms with van der Waals surface area (Å²) in [6, 6.07) is 5.25. The van der Waals surface area contributed by atoms with Crippen molar-refractivity contribution in [1.29, 1.82) is 0 Å². The van der Waals surface area contributed by atoms with Crippen molar-refractivity contribution in [3.8, 4) is 0 Å². The second-order valence-corrected chi connectivity index (χ2v) is 3.83. The average Bonchev–Trinajstić information content (AvgIpc) is 2.20. The molecule has 0 aliphatic heterocycles. The van der Waals surface area contributed by atoms with Crippen LogP contribution in [0.25, 0.3) is 0 Å². The molecule has 0 saturated heterocycles. The first-order valence-corrected chi connectivity index (χ1v) is 5.14. The number of carbonyl (C=O) groups excluding carboxylic acids is 1. The van der Waals surface area contributed by atoms with E-state index in [1.807, 2.05) is 13.0 Å². The van der Waals surface area contributed by atoms with Gasteiger partial charge < -0.3 is 10.4 Å². The Morgan fingerprint density at radius 3 is 2.69 bits per heavy atom. The summed E-state index contributed by atoms with van der Waals surface area (Å²) < 4.78 is 0. The van der Waals surface area contributed by atoms with Crippen LogP contribution in [0, 0.1) is 6.92 Å². The molecule has 4 nitrogen and oxygen atoms in total. The van der Waals surface area contributed by atoms with Crippen molar-refractivity contribution in [3.05, 3.63) is 28.8 Å². The number of carboxylic acid groups (broad SMARTS) is 1. The number of benzene rings is 1. The summed E-state index contributed by atoms with van der Waals surface area (Å²) in [5.41, 5.74) is 1.48. The number of rotatable bonds is 4. The lowest BCUT2D eigenvalue weighted by Gasteiger charge is -2.07. The minimum atomic E-state index is -0.995. The SMILES string of the molecule is Cc1ccc(Cl)c(NC(=O)CCC(=O)O)c1. The lowest BCUT2D eigenvalue weighted by molar-refractivity contribution is -0.138. The van der Waals surface area contributed by atoms with E-state index in [1.54, 1.807) is 12.1 Å². The number of carboxylic acids is 1. The van der Waals surface area contributed by atoms with Gasteiger partial charge in [-0.1, -0.05) is 17.7 Å². The van der Waals surface area contributed by atoms with Gasteiger partial charge in [0.05, 0.1) is 17.1 Å². The minimum absolute atomic E-state index is 0.0559. The van der Waals surface area contributed by atoms with Gasteiger partial charge in [0, 0.05) is 6.42 Å². The third-order valence-corrected chi connectivity index (χ3v) is 2.29. The molecule has 1 aromatic rings. The van der Waals surface area contributed by atoms with Gasteiger partial charge in [-0.15, -0.1) is 0 Å². The smallest absolute Gasteiger partial charge is 0.303 e. The van der Waals surface area contributed by atoms with Crippen LogP contribution in [0.3, 0.4) is 0 Å². The summed E-state index contributed by atoms with van der Waals surface area (Å²) in [5, 5.41) is 11.4. The van der Waals surface area contributed by atoms with Crippen molar-refractivity contribution in [3.63, 3.8) is 0 Å². The molecule has 0 radical (unpaired) electrons. The summed E-state index contributed by atoms with van der Waals surface area (Å²) in [6.07, 6.45) is -0.241. The van der Waals surface area contributed by atoms with E-state index in [2.05, 4.69) is 5.32 Å². The highest BCUT2D eigenvalue weighted by molar-refractivity contribution is 6.33. The number of aryl methyl sites for hydroxylation is 1. The zero-order valence-electron chi connectivity index (χ0n) is 8.79. The van der Waals surface area contributed by atoms with E-state index in [1.165, 1.54) is 0 Å². The molecule has 0 unspecified atom stereocenters. The van der Waals surface area contributed by atoms with Crippen LogP contribution >= 0.6 is 11.6 Å². The predicted molar refractivity (Wildman–Crippen MR) is 61.7 cm³/mol. The van der Waals surface area contributed by atoms with Gasteiger partial charge in [0.1, 0.15) is 0 Å². The van der Waals surface area contributed by atoms with E-state index >= 15 is 0 Å². The number of aliphatic carboxylic acids is 1. The lowest BCUT2D eigenvalue weighted by atomic mass is 10.2. The molecule has 1 amide bonds. The molecule has 0 bridgehead atoms. The van der Waals surface area contributed by atoms with Crippen LogP contribution in [0.4, 0.5) is 5.69 Å². The van der Waals surface area contributed by atoms with E-state index < -0.39 is 5.97 Å². The standard InChI is InChI=1S/C11H12ClNO3/c1-7-2-3-8(12)9(6-7)13-10(14)4-5-11(15)16/h2-3,6H,4-5H2,1H3,(H,13,14)(H,15,16). The minimum Gasteiger partial charge on any atom is -0.481 e. The van der Waals surface area contributed by atoms with Gasteiger partial charge in [0.15, 0.2) is 0 Å². The zero-order valence-corrected chi connectivity index (χ0v) is 9.54. The molecule has 86 valence electrons. The molecule has 0 heterocycles. The number of carbonyl (C=O) groups is 2. The van der Waals surface area contributed by atoms with Gasteiger partial charge in [-0.05, 0) is 24.6 Å². The molecule has 1 rings (SSSR count). The topological polar surface area (TPSA) is 66.4 Å². The van der Waals surface area contributed by atoms with Crippen molar-refractivity contribution < 1.29 is 14.7 Å². The van der Waals surface area contributed by atoms with Gasteiger partial charge in [0.2, 0.25) is 5.91 Å². The number of nitrogens with one attached hydrogen (secondary N) is 1. The zero-order chi connectivity index (χ0) is 12.1. The third kappa shape index (κ3) is 3.90. The first-order valence-electron chi connectivity index (χ1n) is 4.77. The fourth-order valence-corrected chi connectivity index (χ4v) is 1.33. The first kappa shape index (κ1) is 12.5. The van der Waals surface area contributed by atoms with E-state index in [0.29, 0.717) is 10.7 Å². The Morgan fingerprint density at radius 1 is 1.38 bits per heavy atom. The van der Waals surface area contributed by atoms with Crippen molar-refractivity contribution in [1.82, 2.24) is 0 Å². The molecular formula is C11H12ClNO3.